The van der Waals surface area contributed by atoms with Crippen molar-refractivity contribution in [3.63, 3.8) is 0 Å². The largest absolute Gasteiger partial charge is 0.481 e. The molecule has 4 aromatic rings. The molecule has 7 nitrogen and oxygen atoms in total. The summed E-state index contributed by atoms with van der Waals surface area (Å²) in [4.78, 5) is 32.7. The minimum Gasteiger partial charge on any atom is -0.481 e. The van der Waals surface area contributed by atoms with Crippen molar-refractivity contribution in [1.82, 2.24) is 19.6 Å². The maximum atomic E-state index is 12.8. The first kappa shape index (κ1) is 18.7. The summed E-state index contributed by atoms with van der Waals surface area (Å²) < 4.78 is 1.58. The van der Waals surface area contributed by atoms with Crippen molar-refractivity contribution in [3.8, 4) is 11.3 Å². The van der Waals surface area contributed by atoms with Crippen LogP contribution in [0.5, 0.6) is 0 Å². The molecule has 0 spiro atoms. The number of aryl methyl sites for hydroxylation is 3. The smallest absolute Gasteiger partial charge is 0.303 e. The predicted molar refractivity (Wildman–Crippen MR) is 110 cm³/mol. The molecule has 0 amide bonds. The van der Waals surface area contributed by atoms with Gasteiger partial charge in [0.15, 0.2) is 11.3 Å². The molecule has 2 aromatic carbocycles. The summed E-state index contributed by atoms with van der Waals surface area (Å²) >= 11 is 0. The first-order valence-electron chi connectivity index (χ1n) is 9.42. The number of fused-ring (bicyclic) bond motifs is 3. The van der Waals surface area contributed by atoms with E-state index in [9.17, 15) is 9.59 Å². The van der Waals surface area contributed by atoms with E-state index in [0.29, 0.717) is 35.4 Å². The van der Waals surface area contributed by atoms with Crippen LogP contribution in [0.4, 0.5) is 0 Å². The van der Waals surface area contributed by atoms with E-state index in [4.69, 9.17) is 5.11 Å². The second-order valence-electron chi connectivity index (χ2n) is 7.09. The summed E-state index contributed by atoms with van der Waals surface area (Å²) in [5.41, 5.74) is 3.87. The van der Waals surface area contributed by atoms with E-state index in [2.05, 4.69) is 15.1 Å². The Morgan fingerprint density at radius 3 is 2.62 bits per heavy atom. The van der Waals surface area contributed by atoms with Gasteiger partial charge in [0, 0.05) is 23.8 Å². The lowest BCUT2D eigenvalue weighted by Gasteiger charge is -2.11. The number of benzene rings is 2. The third kappa shape index (κ3) is 3.59. The minimum atomic E-state index is -0.858. The molecule has 2 aromatic heterocycles. The number of aromatic nitrogens is 4. The molecular weight excluding hydrogens is 368 g/mol. The summed E-state index contributed by atoms with van der Waals surface area (Å²) in [5.74, 6) is -0.277. The maximum Gasteiger partial charge on any atom is 0.303 e. The molecule has 0 saturated carbocycles. The van der Waals surface area contributed by atoms with E-state index in [1.807, 2.05) is 56.3 Å². The summed E-state index contributed by atoms with van der Waals surface area (Å²) in [6.45, 7) is 3.99. The topological polar surface area (TPSA) is 97.5 Å². The van der Waals surface area contributed by atoms with Crippen LogP contribution in [0.15, 0.2) is 47.3 Å². The monoisotopic (exact) mass is 388 g/mol. The molecule has 0 aliphatic heterocycles. The lowest BCUT2D eigenvalue weighted by molar-refractivity contribution is -0.137. The molecule has 0 unspecified atom stereocenters. The molecule has 29 heavy (non-hydrogen) atoms. The van der Waals surface area contributed by atoms with Crippen LogP contribution in [-0.2, 0) is 11.2 Å². The number of para-hydroxylation sites is 1. The molecule has 0 saturated heterocycles. The Bertz CT molecular complexity index is 1310. The van der Waals surface area contributed by atoms with Gasteiger partial charge in [0.2, 0.25) is 0 Å². The number of carbonyl (C=O) groups is 1. The molecule has 146 valence electrons. The Hall–Kier alpha value is -3.61. The van der Waals surface area contributed by atoms with Crippen LogP contribution >= 0.6 is 0 Å². The van der Waals surface area contributed by atoms with E-state index in [0.717, 1.165) is 16.5 Å². The molecule has 0 aliphatic rings. The number of carboxylic acid groups (broad SMARTS) is 1. The summed E-state index contributed by atoms with van der Waals surface area (Å²) in [5, 5.41) is 14.3. The number of nitrogens with zero attached hydrogens (tertiary/aromatic N) is 4. The number of carboxylic acids is 1. The van der Waals surface area contributed by atoms with Crippen LogP contribution in [-0.4, -0.2) is 30.7 Å². The third-order valence-corrected chi connectivity index (χ3v) is 5.02. The molecule has 1 N–H and O–H groups in total. The zero-order valence-electron chi connectivity index (χ0n) is 16.2. The molecule has 2 heterocycles. The Labute approximate surface area is 166 Å². The Balaban J connectivity index is 1.95. The molecule has 0 fully saturated rings. The van der Waals surface area contributed by atoms with Crippen LogP contribution in [0, 0.1) is 13.8 Å². The van der Waals surface area contributed by atoms with E-state index >= 15 is 0 Å². The molecule has 0 atom stereocenters. The van der Waals surface area contributed by atoms with Gasteiger partial charge in [-0.25, -0.2) is 4.98 Å². The van der Waals surface area contributed by atoms with Gasteiger partial charge in [-0.05, 0) is 49.6 Å². The van der Waals surface area contributed by atoms with Gasteiger partial charge in [-0.2, -0.15) is 14.6 Å². The van der Waals surface area contributed by atoms with Crippen LogP contribution in [0.1, 0.15) is 29.8 Å². The van der Waals surface area contributed by atoms with Crippen molar-refractivity contribution in [2.45, 2.75) is 33.1 Å². The zero-order valence-corrected chi connectivity index (χ0v) is 16.2. The quantitative estimate of drug-likeness (QED) is 0.527. The van der Waals surface area contributed by atoms with Crippen molar-refractivity contribution in [3.05, 3.63) is 69.8 Å². The van der Waals surface area contributed by atoms with Gasteiger partial charge >= 0.3 is 5.97 Å². The van der Waals surface area contributed by atoms with Gasteiger partial charge in [0.05, 0.1) is 5.52 Å². The lowest BCUT2D eigenvalue weighted by Crippen LogP contribution is -2.19. The summed E-state index contributed by atoms with van der Waals surface area (Å²) in [6.07, 6.45) is 0.869. The Morgan fingerprint density at radius 1 is 1.07 bits per heavy atom. The first-order valence-corrected chi connectivity index (χ1v) is 9.42. The highest BCUT2D eigenvalue weighted by Crippen LogP contribution is 2.21. The highest BCUT2D eigenvalue weighted by molar-refractivity contribution is 5.91. The van der Waals surface area contributed by atoms with Crippen molar-refractivity contribution in [1.29, 1.82) is 0 Å². The van der Waals surface area contributed by atoms with Gasteiger partial charge in [-0.3, -0.25) is 9.59 Å². The normalized spacial score (nSPS) is 11.2. The number of hydrogen-bond acceptors (Lipinski definition) is 5. The fourth-order valence-electron chi connectivity index (χ4n) is 3.32. The second kappa shape index (κ2) is 7.43. The van der Waals surface area contributed by atoms with Crippen LogP contribution < -0.4 is 5.56 Å². The molecule has 0 bridgehead atoms. The summed E-state index contributed by atoms with van der Waals surface area (Å²) in [6, 6.07) is 13.2. The van der Waals surface area contributed by atoms with E-state index in [1.165, 1.54) is 0 Å². The van der Waals surface area contributed by atoms with Crippen molar-refractivity contribution in [2.75, 3.05) is 0 Å². The lowest BCUT2D eigenvalue weighted by atomic mass is 10.0. The van der Waals surface area contributed by atoms with Gasteiger partial charge < -0.3 is 5.11 Å². The van der Waals surface area contributed by atoms with Crippen molar-refractivity contribution in [2.24, 2.45) is 0 Å². The van der Waals surface area contributed by atoms with E-state index in [1.54, 1.807) is 4.52 Å². The van der Waals surface area contributed by atoms with Gasteiger partial charge in [0.1, 0.15) is 5.82 Å². The van der Waals surface area contributed by atoms with Crippen LogP contribution in [0.3, 0.4) is 0 Å². The van der Waals surface area contributed by atoms with Gasteiger partial charge in [0.25, 0.3) is 5.56 Å². The standard InChI is InChI=1S/C22H20N4O3/c1-13-10-11-15(12-14(13)2)20-22(29)24-21-16-6-3-4-7-17(16)23-18(26(21)25-20)8-5-9-19(27)28/h3-4,6-7,10-12H,5,8-9H2,1-2H3,(H,27,28). The Kier molecular flexibility index (Phi) is 4.80. The summed E-state index contributed by atoms with van der Waals surface area (Å²) in [7, 11) is 0. The minimum absolute atomic E-state index is 0.0354. The third-order valence-electron chi connectivity index (χ3n) is 5.02. The first-order chi connectivity index (χ1) is 13.9. The molecule has 0 radical (unpaired) electrons. The highest BCUT2D eigenvalue weighted by Gasteiger charge is 2.15. The van der Waals surface area contributed by atoms with Crippen molar-refractivity contribution >= 4 is 22.5 Å². The molecular formula is C22H20N4O3. The number of rotatable bonds is 5. The van der Waals surface area contributed by atoms with Gasteiger partial charge in [-0.1, -0.05) is 24.3 Å². The van der Waals surface area contributed by atoms with E-state index in [-0.39, 0.29) is 12.1 Å². The zero-order chi connectivity index (χ0) is 20.5. The number of hydrogen-bond donors (Lipinski definition) is 1. The highest BCUT2D eigenvalue weighted by atomic mass is 16.4. The number of aliphatic carboxylic acids is 1. The van der Waals surface area contributed by atoms with Crippen LogP contribution in [0.2, 0.25) is 0 Å². The molecule has 0 aliphatic carbocycles. The SMILES string of the molecule is Cc1ccc(-c2nn3c(CCCC(=O)O)nc4ccccc4c3nc2=O)cc1C. The van der Waals surface area contributed by atoms with Crippen LogP contribution in [0.25, 0.3) is 27.8 Å². The average Bonchev–Trinajstić information content (AvgIpc) is 2.69. The second-order valence-corrected chi connectivity index (χ2v) is 7.09. The molecule has 7 heteroatoms. The van der Waals surface area contributed by atoms with E-state index < -0.39 is 11.5 Å². The fourth-order valence-corrected chi connectivity index (χ4v) is 3.32. The fraction of sp³-hybridized carbons (Fsp3) is 0.227. The maximum absolute atomic E-state index is 12.8. The Morgan fingerprint density at radius 2 is 1.86 bits per heavy atom. The predicted octanol–water partition coefficient (Wildman–Crippen LogP) is 3.33. The molecule has 4 rings (SSSR count). The van der Waals surface area contributed by atoms with Crippen molar-refractivity contribution < 1.29 is 9.90 Å². The van der Waals surface area contributed by atoms with Gasteiger partial charge in [-0.15, -0.1) is 0 Å². The average molecular weight is 388 g/mol.